The molecule has 0 saturated heterocycles. The number of sulfonamides is 1. The maximum absolute atomic E-state index is 12.4. The monoisotopic (exact) mass is 412 g/mol. The normalized spacial score (nSPS) is 13.0. The van der Waals surface area contributed by atoms with Crippen molar-refractivity contribution in [2.45, 2.75) is 69.7 Å². The SMILES string of the molecule is CCC[C@@H](CC(=O)OC)NC(=O)CCNS(=O)(=O)c1ccc(C(C)(C)C)cc1. The van der Waals surface area contributed by atoms with E-state index in [1.54, 1.807) is 24.3 Å². The van der Waals surface area contributed by atoms with Crippen LogP contribution in [0.5, 0.6) is 0 Å². The van der Waals surface area contributed by atoms with Crippen LogP contribution < -0.4 is 10.0 Å². The van der Waals surface area contributed by atoms with E-state index in [0.717, 1.165) is 12.0 Å². The van der Waals surface area contributed by atoms with E-state index in [9.17, 15) is 18.0 Å². The summed E-state index contributed by atoms with van der Waals surface area (Å²) < 4.78 is 31.8. The van der Waals surface area contributed by atoms with Crippen molar-refractivity contribution >= 4 is 21.9 Å². The Bertz CT molecular complexity index is 752. The van der Waals surface area contributed by atoms with Gasteiger partial charge in [0.05, 0.1) is 18.4 Å². The number of esters is 1. The number of ether oxygens (including phenoxy) is 1. The first kappa shape index (κ1) is 24.1. The number of carbonyl (C=O) groups excluding carboxylic acids is 2. The van der Waals surface area contributed by atoms with E-state index >= 15 is 0 Å². The lowest BCUT2D eigenvalue weighted by atomic mass is 9.87. The maximum atomic E-state index is 12.4. The zero-order chi connectivity index (χ0) is 21.4. The van der Waals surface area contributed by atoms with Crippen molar-refractivity contribution in [3.8, 4) is 0 Å². The van der Waals surface area contributed by atoms with E-state index in [0.29, 0.717) is 6.42 Å². The molecular formula is C20H32N2O5S. The number of benzene rings is 1. The van der Waals surface area contributed by atoms with Gasteiger partial charge < -0.3 is 10.1 Å². The van der Waals surface area contributed by atoms with Gasteiger partial charge in [-0.2, -0.15) is 0 Å². The number of carbonyl (C=O) groups is 2. The van der Waals surface area contributed by atoms with Gasteiger partial charge in [0, 0.05) is 19.0 Å². The van der Waals surface area contributed by atoms with Gasteiger partial charge in [0.15, 0.2) is 0 Å². The highest BCUT2D eigenvalue weighted by Crippen LogP contribution is 2.23. The van der Waals surface area contributed by atoms with E-state index in [-0.39, 0.29) is 41.6 Å². The third-order valence-electron chi connectivity index (χ3n) is 4.32. The molecule has 0 spiro atoms. The van der Waals surface area contributed by atoms with Crippen LogP contribution in [0.4, 0.5) is 0 Å². The second-order valence-corrected chi connectivity index (χ2v) is 9.52. The summed E-state index contributed by atoms with van der Waals surface area (Å²) in [6.45, 7) is 8.10. The Morgan fingerprint density at radius 2 is 1.75 bits per heavy atom. The minimum Gasteiger partial charge on any atom is -0.469 e. The Balaban J connectivity index is 2.58. The van der Waals surface area contributed by atoms with Crippen molar-refractivity contribution in [1.29, 1.82) is 0 Å². The van der Waals surface area contributed by atoms with Gasteiger partial charge in [-0.1, -0.05) is 46.2 Å². The van der Waals surface area contributed by atoms with Crippen LogP contribution in [-0.4, -0.2) is 40.0 Å². The maximum Gasteiger partial charge on any atom is 0.307 e. The summed E-state index contributed by atoms with van der Waals surface area (Å²) >= 11 is 0. The van der Waals surface area contributed by atoms with Gasteiger partial charge >= 0.3 is 5.97 Å². The van der Waals surface area contributed by atoms with Crippen LogP contribution >= 0.6 is 0 Å². The number of hydrogen-bond acceptors (Lipinski definition) is 5. The van der Waals surface area contributed by atoms with Crippen LogP contribution in [0, 0.1) is 0 Å². The highest BCUT2D eigenvalue weighted by molar-refractivity contribution is 7.89. The Kier molecular flexibility index (Phi) is 9.10. The van der Waals surface area contributed by atoms with E-state index in [1.807, 2.05) is 6.92 Å². The second-order valence-electron chi connectivity index (χ2n) is 7.76. The molecule has 1 aromatic rings. The first-order valence-corrected chi connectivity index (χ1v) is 10.9. The van der Waals surface area contributed by atoms with Crippen LogP contribution in [0.2, 0.25) is 0 Å². The molecule has 28 heavy (non-hydrogen) atoms. The van der Waals surface area contributed by atoms with Gasteiger partial charge in [0.25, 0.3) is 0 Å². The highest BCUT2D eigenvalue weighted by atomic mass is 32.2. The molecule has 1 rings (SSSR count). The molecule has 1 amide bonds. The number of rotatable bonds is 10. The number of nitrogens with one attached hydrogen (secondary N) is 2. The highest BCUT2D eigenvalue weighted by Gasteiger charge is 2.19. The fourth-order valence-corrected chi connectivity index (χ4v) is 3.71. The van der Waals surface area contributed by atoms with Gasteiger partial charge in [-0.05, 0) is 29.5 Å². The lowest BCUT2D eigenvalue weighted by Crippen LogP contribution is -2.38. The molecule has 0 saturated carbocycles. The molecule has 0 unspecified atom stereocenters. The first-order valence-electron chi connectivity index (χ1n) is 9.46. The van der Waals surface area contributed by atoms with E-state index in [1.165, 1.54) is 7.11 Å². The molecule has 0 aliphatic rings. The van der Waals surface area contributed by atoms with Crippen LogP contribution in [0.3, 0.4) is 0 Å². The van der Waals surface area contributed by atoms with Crippen molar-refractivity contribution in [3.05, 3.63) is 29.8 Å². The molecule has 0 fully saturated rings. The number of hydrogen-bond donors (Lipinski definition) is 2. The summed E-state index contributed by atoms with van der Waals surface area (Å²) in [6, 6.07) is 6.41. The number of methoxy groups -OCH3 is 1. The van der Waals surface area contributed by atoms with Gasteiger partial charge in [0.1, 0.15) is 0 Å². The summed E-state index contributed by atoms with van der Waals surface area (Å²) in [7, 11) is -2.38. The van der Waals surface area contributed by atoms with E-state index in [2.05, 4.69) is 35.5 Å². The number of amides is 1. The zero-order valence-corrected chi connectivity index (χ0v) is 18.2. The molecule has 0 aliphatic carbocycles. The predicted molar refractivity (Wildman–Crippen MR) is 108 cm³/mol. The first-order chi connectivity index (χ1) is 13.0. The summed E-state index contributed by atoms with van der Waals surface area (Å²) in [6.07, 6.45) is 1.54. The zero-order valence-electron chi connectivity index (χ0n) is 17.4. The molecule has 0 aromatic heterocycles. The summed E-state index contributed by atoms with van der Waals surface area (Å²) in [4.78, 5) is 23.6. The molecule has 1 atom stereocenters. The quantitative estimate of drug-likeness (QED) is 0.575. The summed E-state index contributed by atoms with van der Waals surface area (Å²) in [5.74, 6) is -0.703. The summed E-state index contributed by atoms with van der Waals surface area (Å²) in [5.41, 5.74) is 0.978. The largest absolute Gasteiger partial charge is 0.469 e. The Morgan fingerprint density at radius 1 is 1.14 bits per heavy atom. The van der Waals surface area contributed by atoms with Crippen molar-refractivity contribution in [3.63, 3.8) is 0 Å². The van der Waals surface area contributed by atoms with Crippen LogP contribution in [0.15, 0.2) is 29.2 Å². The van der Waals surface area contributed by atoms with Crippen molar-refractivity contribution in [2.75, 3.05) is 13.7 Å². The predicted octanol–water partition coefficient (Wildman–Crippen LogP) is 2.50. The van der Waals surface area contributed by atoms with Gasteiger partial charge in [-0.15, -0.1) is 0 Å². The summed E-state index contributed by atoms with van der Waals surface area (Å²) in [5, 5.41) is 2.76. The Morgan fingerprint density at radius 3 is 2.25 bits per heavy atom. The Labute approximate surface area is 168 Å². The van der Waals surface area contributed by atoms with Gasteiger partial charge in [-0.3, -0.25) is 9.59 Å². The Hall–Kier alpha value is -1.93. The minimum absolute atomic E-state index is 0.0132. The fourth-order valence-electron chi connectivity index (χ4n) is 2.67. The molecule has 0 bridgehead atoms. The molecule has 2 N–H and O–H groups in total. The lowest BCUT2D eigenvalue weighted by Gasteiger charge is -2.19. The van der Waals surface area contributed by atoms with Gasteiger partial charge in [0.2, 0.25) is 15.9 Å². The minimum atomic E-state index is -3.68. The molecule has 0 radical (unpaired) electrons. The van der Waals surface area contributed by atoms with E-state index in [4.69, 9.17) is 0 Å². The van der Waals surface area contributed by atoms with Crippen LogP contribution in [0.1, 0.15) is 58.9 Å². The average Bonchev–Trinajstić information content (AvgIpc) is 2.61. The molecule has 0 aliphatic heterocycles. The molecular weight excluding hydrogens is 380 g/mol. The standard InChI is InChI=1S/C20H32N2O5S/c1-6-7-16(14-19(24)27-5)22-18(23)12-13-21-28(25,26)17-10-8-15(9-11-17)20(2,3)4/h8-11,16,21H,6-7,12-14H2,1-5H3,(H,22,23)/t16-/m0/s1. The second kappa shape index (κ2) is 10.6. The van der Waals surface area contributed by atoms with Crippen molar-refractivity contribution in [2.24, 2.45) is 0 Å². The topological polar surface area (TPSA) is 102 Å². The molecule has 1 aromatic carbocycles. The fraction of sp³-hybridized carbons (Fsp3) is 0.600. The van der Waals surface area contributed by atoms with Crippen LogP contribution in [-0.2, 0) is 29.8 Å². The average molecular weight is 413 g/mol. The molecule has 8 heteroatoms. The third-order valence-corrected chi connectivity index (χ3v) is 5.79. The molecule has 158 valence electrons. The van der Waals surface area contributed by atoms with Gasteiger partial charge in [-0.25, -0.2) is 13.1 Å². The van der Waals surface area contributed by atoms with Crippen molar-refractivity contribution < 1.29 is 22.7 Å². The smallest absolute Gasteiger partial charge is 0.307 e. The van der Waals surface area contributed by atoms with Crippen LogP contribution in [0.25, 0.3) is 0 Å². The lowest BCUT2D eigenvalue weighted by molar-refractivity contribution is -0.141. The molecule has 7 nitrogen and oxygen atoms in total. The van der Waals surface area contributed by atoms with E-state index < -0.39 is 16.0 Å². The molecule has 0 heterocycles. The third kappa shape index (κ3) is 7.98. The van der Waals surface area contributed by atoms with Crippen molar-refractivity contribution in [1.82, 2.24) is 10.0 Å².